The lowest BCUT2D eigenvalue weighted by molar-refractivity contribution is -0.118. The molecule has 3 aromatic carbocycles. The molecule has 0 aliphatic heterocycles. The van der Waals surface area contributed by atoms with Gasteiger partial charge in [0.05, 0.1) is 10.6 Å². The molecule has 0 saturated carbocycles. The first-order chi connectivity index (χ1) is 14.2. The number of hydrogen-bond acceptors (Lipinski definition) is 4. The number of amides is 1. The van der Waals surface area contributed by atoms with Gasteiger partial charge in [-0.1, -0.05) is 29.8 Å². The first-order valence-electron chi connectivity index (χ1n) is 9.12. The second kappa shape index (κ2) is 9.19. The van der Waals surface area contributed by atoms with Crippen molar-refractivity contribution < 1.29 is 17.9 Å². The number of ether oxygens (including phenoxy) is 1. The van der Waals surface area contributed by atoms with Gasteiger partial charge in [-0.25, -0.2) is 8.42 Å². The first kappa shape index (κ1) is 21.7. The molecule has 0 unspecified atom stereocenters. The van der Waals surface area contributed by atoms with E-state index < -0.39 is 10.0 Å². The Morgan fingerprint density at radius 3 is 2.33 bits per heavy atom. The second-order valence-corrected chi connectivity index (χ2v) is 8.81. The minimum atomic E-state index is -3.78. The van der Waals surface area contributed by atoms with Crippen LogP contribution in [0.5, 0.6) is 5.75 Å². The summed E-state index contributed by atoms with van der Waals surface area (Å²) in [6.07, 6.45) is 0. The van der Waals surface area contributed by atoms with Crippen LogP contribution in [0.3, 0.4) is 0 Å². The van der Waals surface area contributed by atoms with Crippen molar-refractivity contribution in [3.8, 4) is 5.75 Å². The van der Waals surface area contributed by atoms with Crippen molar-refractivity contribution in [1.29, 1.82) is 0 Å². The normalized spacial score (nSPS) is 11.0. The average Bonchev–Trinajstić information content (AvgIpc) is 2.70. The van der Waals surface area contributed by atoms with E-state index in [0.29, 0.717) is 27.7 Å². The van der Waals surface area contributed by atoms with Gasteiger partial charge in [0.2, 0.25) is 0 Å². The molecule has 30 heavy (non-hydrogen) atoms. The van der Waals surface area contributed by atoms with E-state index in [2.05, 4.69) is 10.0 Å². The van der Waals surface area contributed by atoms with Crippen LogP contribution in [0, 0.1) is 13.8 Å². The predicted molar refractivity (Wildman–Crippen MR) is 119 cm³/mol. The largest absolute Gasteiger partial charge is 0.483 e. The molecule has 3 rings (SSSR count). The van der Waals surface area contributed by atoms with E-state index in [4.69, 9.17) is 16.3 Å². The van der Waals surface area contributed by atoms with E-state index in [1.807, 2.05) is 25.1 Å². The Morgan fingerprint density at radius 1 is 0.967 bits per heavy atom. The molecule has 0 aliphatic carbocycles. The first-order valence-corrected chi connectivity index (χ1v) is 11.0. The molecule has 8 heteroatoms. The highest BCUT2D eigenvalue weighted by atomic mass is 35.5. The zero-order valence-corrected chi connectivity index (χ0v) is 18.0. The highest BCUT2D eigenvalue weighted by molar-refractivity contribution is 7.92. The van der Waals surface area contributed by atoms with Crippen LogP contribution >= 0.6 is 11.6 Å². The van der Waals surface area contributed by atoms with Gasteiger partial charge in [0.1, 0.15) is 5.75 Å². The van der Waals surface area contributed by atoms with Crippen molar-refractivity contribution in [2.75, 3.05) is 16.6 Å². The molecular weight excluding hydrogens is 424 g/mol. The maximum absolute atomic E-state index is 12.6. The van der Waals surface area contributed by atoms with Crippen LogP contribution in [0.4, 0.5) is 11.4 Å². The Balaban J connectivity index is 1.62. The summed E-state index contributed by atoms with van der Waals surface area (Å²) in [5.41, 5.74) is 2.56. The molecule has 1 amide bonds. The van der Waals surface area contributed by atoms with Crippen LogP contribution in [0.25, 0.3) is 0 Å². The van der Waals surface area contributed by atoms with E-state index in [1.54, 1.807) is 31.2 Å². The lowest BCUT2D eigenvalue weighted by Gasteiger charge is -2.12. The summed E-state index contributed by atoms with van der Waals surface area (Å²) >= 11 is 5.91. The Labute approximate surface area is 180 Å². The minimum absolute atomic E-state index is 0.0750. The van der Waals surface area contributed by atoms with Gasteiger partial charge >= 0.3 is 0 Å². The Bertz CT molecular complexity index is 1160. The van der Waals surface area contributed by atoms with Crippen molar-refractivity contribution in [1.82, 2.24) is 0 Å². The lowest BCUT2D eigenvalue weighted by atomic mass is 10.2. The van der Waals surface area contributed by atoms with Crippen LogP contribution in [0.15, 0.2) is 71.6 Å². The molecule has 0 heterocycles. The summed E-state index contributed by atoms with van der Waals surface area (Å²) in [6.45, 7) is 3.51. The number of rotatable bonds is 7. The molecule has 6 nitrogen and oxygen atoms in total. The molecule has 0 spiro atoms. The van der Waals surface area contributed by atoms with E-state index in [9.17, 15) is 13.2 Å². The highest BCUT2D eigenvalue weighted by Gasteiger charge is 2.16. The molecule has 0 radical (unpaired) electrons. The topological polar surface area (TPSA) is 84.5 Å². The standard InChI is InChI=1S/C22H21ClN2O4S/c1-15-5-3-4-6-21(15)29-14-22(26)24-18-8-10-19(11-9-18)30(27,28)25-20-12-7-17(23)13-16(20)2/h3-13,25H,14H2,1-2H3,(H,24,26). The van der Waals surface area contributed by atoms with Gasteiger partial charge in [-0.05, 0) is 73.5 Å². The fraction of sp³-hybridized carbons (Fsp3) is 0.136. The number of nitrogens with one attached hydrogen (secondary N) is 2. The number of sulfonamides is 1. The van der Waals surface area contributed by atoms with Gasteiger partial charge in [-0.3, -0.25) is 9.52 Å². The molecule has 0 bridgehead atoms. The van der Waals surface area contributed by atoms with Gasteiger partial charge in [0.25, 0.3) is 15.9 Å². The maximum atomic E-state index is 12.6. The summed E-state index contributed by atoms with van der Waals surface area (Å²) < 4.78 is 33.3. The zero-order valence-electron chi connectivity index (χ0n) is 16.5. The summed E-state index contributed by atoms with van der Waals surface area (Å²) in [7, 11) is -3.78. The number of benzene rings is 3. The number of aryl methyl sites for hydroxylation is 2. The molecule has 0 saturated heterocycles. The average molecular weight is 445 g/mol. The summed E-state index contributed by atoms with van der Waals surface area (Å²) in [6, 6.07) is 18.2. The monoisotopic (exact) mass is 444 g/mol. The predicted octanol–water partition coefficient (Wildman–Crippen LogP) is 4.78. The van der Waals surface area contributed by atoms with Crippen molar-refractivity contribution in [2.24, 2.45) is 0 Å². The smallest absolute Gasteiger partial charge is 0.262 e. The number of anilines is 2. The summed E-state index contributed by atoms with van der Waals surface area (Å²) in [5.74, 6) is 0.293. The van der Waals surface area contributed by atoms with E-state index in [1.165, 1.54) is 24.3 Å². The van der Waals surface area contributed by atoms with Crippen LogP contribution in [0.1, 0.15) is 11.1 Å². The Morgan fingerprint density at radius 2 is 1.67 bits per heavy atom. The van der Waals surface area contributed by atoms with Gasteiger partial charge in [-0.2, -0.15) is 0 Å². The third kappa shape index (κ3) is 5.52. The molecule has 0 atom stereocenters. The third-order valence-corrected chi connectivity index (χ3v) is 5.95. The molecule has 0 fully saturated rings. The van der Waals surface area contributed by atoms with Crippen molar-refractivity contribution in [3.63, 3.8) is 0 Å². The maximum Gasteiger partial charge on any atom is 0.262 e. The minimum Gasteiger partial charge on any atom is -0.483 e. The van der Waals surface area contributed by atoms with Crippen molar-refractivity contribution in [2.45, 2.75) is 18.7 Å². The van der Waals surface area contributed by atoms with Gasteiger partial charge in [-0.15, -0.1) is 0 Å². The van der Waals surface area contributed by atoms with Crippen molar-refractivity contribution >= 4 is 38.9 Å². The molecule has 2 N–H and O–H groups in total. The van der Waals surface area contributed by atoms with E-state index >= 15 is 0 Å². The SMILES string of the molecule is Cc1cc(Cl)ccc1NS(=O)(=O)c1ccc(NC(=O)COc2ccccc2C)cc1. The number of para-hydroxylation sites is 1. The van der Waals surface area contributed by atoms with E-state index in [-0.39, 0.29) is 17.4 Å². The van der Waals surface area contributed by atoms with Crippen LogP contribution in [-0.4, -0.2) is 20.9 Å². The van der Waals surface area contributed by atoms with Crippen LogP contribution < -0.4 is 14.8 Å². The second-order valence-electron chi connectivity index (χ2n) is 6.69. The fourth-order valence-corrected chi connectivity index (χ4v) is 4.08. The fourth-order valence-electron chi connectivity index (χ4n) is 2.72. The number of halogens is 1. The van der Waals surface area contributed by atoms with Gasteiger partial charge in [0.15, 0.2) is 6.61 Å². The molecule has 0 aliphatic rings. The Hall–Kier alpha value is -3.03. The molecule has 3 aromatic rings. The highest BCUT2D eigenvalue weighted by Crippen LogP contribution is 2.23. The number of carbonyl (C=O) groups is 1. The van der Waals surface area contributed by atoms with Crippen LogP contribution in [0.2, 0.25) is 5.02 Å². The molecule has 156 valence electrons. The van der Waals surface area contributed by atoms with Crippen LogP contribution in [-0.2, 0) is 14.8 Å². The van der Waals surface area contributed by atoms with Crippen molar-refractivity contribution in [3.05, 3.63) is 82.9 Å². The quantitative estimate of drug-likeness (QED) is 0.549. The molecule has 0 aromatic heterocycles. The third-order valence-electron chi connectivity index (χ3n) is 4.33. The summed E-state index contributed by atoms with van der Waals surface area (Å²) in [4.78, 5) is 12.2. The number of carbonyl (C=O) groups excluding carboxylic acids is 1. The lowest BCUT2D eigenvalue weighted by Crippen LogP contribution is -2.20. The van der Waals surface area contributed by atoms with Gasteiger partial charge < -0.3 is 10.1 Å². The van der Waals surface area contributed by atoms with Gasteiger partial charge in [0, 0.05) is 10.7 Å². The zero-order chi connectivity index (χ0) is 21.7. The molecular formula is C22H21ClN2O4S. The Kier molecular flexibility index (Phi) is 6.64. The number of hydrogen-bond donors (Lipinski definition) is 2. The van der Waals surface area contributed by atoms with E-state index in [0.717, 1.165) is 5.56 Å². The summed E-state index contributed by atoms with van der Waals surface area (Å²) in [5, 5.41) is 3.21.